The minimum Gasteiger partial charge on any atom is -0.330 e. The highest BCUT2D eigenvalue weighted by atomic mass is 14.9. The first-order valence-corrected chi connectivity index (χ1v) is 4.56. The highest BCUT2D eigenvalue weighted by Gasteiger charge is 2.15. The minimum absolute atomic E-state index is 0.327. The average Bonchev–Trinajstić information content (AvgIpc) is 2.20. The van der Waals surface area contributed by atoms with Crippen LogP contribution in [0.25, 0.3) is 0 Å². The molecule has 1 rings (SSSR count). The lowest BCUT2D eigenvalue weighted by molar-refractivity contribution is 0.419. The second-order valence-electron chi connectivity index (χ2n) is 3.26. The molecule has 0 amide bonds. The molecule has 72 valence electrons. The fourth-order valence-electron chi connectivity index (χ4n) is 1.49. The van der Waals surface area contributed by atoms with Crippen molar-refractivity contribution in [3.05, 3.63) is 30.1 Å². The van der Waals surface area contributed by atoms with Crippen LogP contribution in [0.4, 0.5) is 0 Å². The molecule has 0 bridgehead atoms. The maximum atomic E-state index is 5.63. The van der Waals surface area contributed by atoms with Crippen molar-refractivity contribution in [1.29, 1.82) is 0 Å². The van der Waals surface area contributed by atoms with Crippen molar-refractivity contribution >= 4 is 0 Å². The number of hydrogen-bond acceptors (Lipinski definition) is 3. The van der Waals surface area contributed by atoms with Crippen LogP contribution >= 0.6 is 0 Å². The Balaban J connectivity index is 2.78. The van der Waals surface area contributed by atoms with Gasteiger partial charge in [0.05, 0.1) is 0 Å². The Morgan fingerprint density at radius 2 is 2.08 bits per heavy atom. The van der Waals surface area contributed by atoms with E-state index in [2.05, 4.69) is 17.2 Å². The molecule has 0 aliphatic heterocycles. The van der Waals surface area contributed by atoms with Gasteiger partial charge in [0.2, 0.25) is 0 Å². The fraction of sp³-hybridized carbons (Fsp3) is 0.500. The van der Waals surface area contributed by atoms with Gasteiger partial charge in [-0.05, 0) is 37.2 Å². The molecule has 1 heterocycles. The summed E-state index contributed by atoms with van der Waals surface area (Å²) < 4.78 is 0. The molecule has 13 heavy (non-hydrogen) atoms. The smallest absolute Gasteiger partial charge is 0.0356 e. The molecule has 3 heteroatoms. The molecule has 0 fully saturated rings. The third kappa shape index (κ3) is 2.50. The van der Waals surface area contributed by atoms with Gasteiger partial charge in [-0.3, -0.25) is 4.98 Å². The summed E-state index contributed by atoms with van der Waals surface area (Å²) in [6.07, 6.45) is 3.62. The van der Waals surface area contributed by atoms with E-state index in [1.165, 1.54) is 5.56 Å². The van der Waals surface area contributed by atoms with E-state index in [0.29, 0.717) is 18.5 Å². The van der Waals surface area contributed by atoms with Crippen LogP contribution in [0.15, 0.2) is 24.5 Å². The third-order valence-corrected chi connectivity index (χ3v) is 2.32. The van der Waals surface area contributed by atoms with Gasteiger partial charge in [0, 0.05) is 18.4 Å². The molecule has 0 saturated heterocycles. The second-order valence-corrected chi connectivity index (χ2v) is 3.26. The summed E-state index contributed by atoms with van der Waals surface area (Å²) in [6, 6.07) is 4.37. The number of pyridine rings is 1. The molecule has 0 radical (unpaired) electrons. The molecule has 1 aromatic heterocycles. The SMILES string of the molecule is CNC(c1ccncc1)C(C)CN. The zero-order valence-electron chi connectivity index (χ0n) is 8.20. The van der Waals surface area contributed by atoms with Crippen LogP contribution in [0.2, 0.25) is 0 Å². The van der Waals surface area contributed by atoms with E-state index in [-0.39, 0.29) is 0 Å². The van der Waals surface area contributed by atoms with E-state index in [4.69, 9.17) is 5.73 Å². The van der Waals surface area contributed by atoms with E-state index in [1.807, 2.05) is 31.6 Å². The quantitative estimate of drug-likeness (QED) is 0.723. The van der Waals surface area contributed by atoms with Gasteiger partial charge in [0.1, 0.15) is 0 Å². The summed E-state index contributed by atoms with van der Waals surface area (Å²) in [7, 11) is 1.96. The average molecular weight is 179 g/mol. The van der Waals surface area contributed by atoms with Gasteiger partial charge in [-0.25, -0.2) is 0 Å². The maximum Gasteiger partial charge on any atom is 0.0356 e. The highest BCUT2D eigenvalue weighted by molar-refractivity contribution is 5.15. The molecule has 0 aliphatic rings. The molecule has 0 spiro atoms. The van der Waals surface area contributed by atoms with E-state index in [9.17, 15) is 0 Å². The zero-order valence-corrected chi connectivity index (χ0v) is 8.20. The molecule has 3 nitrogen and oxygen atoms in total. The van der Waals surface area contributed by atoms with Crippen LogP contribution in [0.1, 0.15) is 18.5 Å². The first-order chi connectivity index (χ1) is 6.29. The van der Waals surface area contributed by atoms with Crippen molar-refractivity contribution in [2.24, 2.45) is 11.7 Å². The van der Waals surface area contributed by atoms with Crippen LogP contribution in [0.5, 0.6) is 0 Å². The van der Waals surface area contributed by atoms with E-state index in [1.54, 1.807) is 0 Å². The van der Waals surface area contributed by atoms with Gasteiger partial charge in [-0.2, -0.15) is 0 Å². The molecule has 2 unspecified atom stereocenters. The van der Waals surface area contributed by atoms with Gasteiger partial charge < -0.3 is 11.1 Å². The van der Waals surface area contributed by atoms with Crippen LogP contribution in [0.3, 0.4) is 0 Å². The van der Waals surface area contributed by atoms with Crippen LogP contribution in [0, 0.1) is 5.92 Å². The van der Waals surface area contributed by atoms with E-state index >= 15 is 0 Å². The van der Waals surface area contributed by atoms with Crippen LogP contribution < -0.4 is 11.1 Å². The standard InChI is InChI=1S/C10H17N3/c1-8(7-11)10(12-2)9-3-5-13-6-4-9/h3-6,8,10,12H,7,11H2,1-2H3. The Kier molecular flexibility index (Phi) is 3.86. The molecule has 0 saturated carbocycles. The summed E-state index contributed by atoms with van der Waals surface area (Å²) in [5.74, 6) is 0.437. The van der Waals surface area contributed by atoms with Crippen molar-refractivity contribution in [2.75, 3.05) is 13.6 Å². The summed E-state index contributed by atoms with van der Waals surface area (Å²) in [4.78, 5) is 3.99. The monoisotopic (exact) mass is 179 g/mol. The zero-order chi connectivity index (χ0) is 9.68. The molecular weight excluding hydrogens is 162 g/mol. The number of aromatic nitrogens is 1. The van der Waals surface area contributed by atoms with Crippen molar-refractivity contribution in [2.45, 2.75) is 13.0 Å². The lowest BCUT2D eigenvalue weighted by Gasteiger charge is -2.22. The lowest BCUT2D eigenvalue weighted by Crippen LogP contribution is -2.28. The first-order valence-electron chi connectivity index (χ1n) is 4.56. The lowest BCUT2D eigenvalue weighted by atomic mass is 9.96. The van der Waals surface area contributed by atoms with Crippen molar-refractivity contribution in [3.63, 3.8) is 0 Å². The molecule has 0 aliphatic carbocycles. The number of nitrogens with one attached hydrogen (secondary N) is 1. The topological polar surface area (TPSA) is 50.9 Å². The summed E-state index contributed by atoms with van der Waals surface area (Å²) in [5, 5.41) is 3.26. The highest BCUT2D eigenvalue weighted by Crippen LogP contribution is 2.19. The minimum atomic E-state index is 0.327. The Hall–Kier alpha value is -0.930. The van der Waals surface area contributed by atoms with Crippen LogP contribution in [-0.4, -0.2) is 18.6 Å². The number of hydrogen-bond donors (Lipinski definition) is 2. The largest absolute Gasteiger partial charge is 0.330 e. The Morgan fingerprint density at radius 1 is 1.46 bits per heavy atom. The molecule has 2 atom stereocenters. The Bertz CT molecular complexity index is 235. The van der Waals surface area contributed by atoms with Gasteiger partial charge >= 0.3 is 0 Å². The normalized spacial score (nSPS) is 15.3. The van der Waals surface area contributed by atoms with Crippen molar-refractivity contribution < 1.29 is 0 Å². The molecule has 1 aromatic rings. The Labute approximate surface area is 79.4 Å². The van der Waals surface area contributed by atoms with E-state index < -0.39 is 0 Å². The fourth-order valence-corrected chi connectivity index (χ4v) is 1.49. The van der Waals surface area contributed by atoms with Gasteiger partial charge in [0.25, 0.3) is 0 Å². The first kappa shape index (κ1) is 10.2. The number of nitrogens with two attached hydrogens (primary N) is 1. The van der Waals surface area contributed by atoms with Crippen LogP contribution in [-0.2, 0) is 0 Å². The maximum absolute atomic E-state index is 5.63. The van der Waals surface area contributed by atoms with Crippen molar-refractivity contribution in [1.82, 2.24) is 10.3 Å². The number of nitrogens with zero attached hydrogens (tertiary/aromatic N) is 1. The van der Waals surface area contributed by atoms with Crippen molar-refractivity contribution in [3.8, 4) is 0 Å². The molecule has 0 aromatic carbocycles. The van der Waals surface area contributed by atoms with Gasteiger partial charge in [-0.1, -0.05) is 6.92 Å². The summed E-state index contributed by atoms with van der Waals surface area (Å²) >= 11 is 0. The predicted molar refractivity (Wildman–Crippen MR) is 54.3 cm³/mol. The third-order valence-electron chi connectivity index (χ3n) is 2.32. The van der Waals surface area contributed by atoms with E-state index in [0.717, 1.165) is 0 Å². The van der Waals surface area contributed by atoms with Gasteiger partial charge in [0.15, 0.2) is 0 Å². The van der Waals surface area contributed by atoms with Gasteiger partial charge in [-0.15, -0.1) is 0 Å². The predicted octanol–water partition coefficient (Wildman–Crippen LogP) is 0.937. The summed E-state index contributed by atoms with van der Waals surface area (Å²) in [5.41, 5.74) is 6.88. The summed E-state index contributed by atoms with van der Waals surface area (Å²) in [6.45, 7) is 2.83. The Morgan fingerprint density at radius 3 is 2.54 bits per heavy atom. The molecular formula is C10H17N3. The molecule has 3 N–H and O–H groups in total. The number of rotatable bonds is 4. The second kappa shape index (κ2) is 4.94.